The second-order valence-electron chi connectivity index (χ2n) is 7.04. The van der Waals surface area contributed by atoms with Gasteiger partial charge in [0.05, 0.1) is 5.54 Å². The number of ether oxygens (including phenoxy) is 1. The zero-order valence-corrected chi connectivity index (χ0v) is 15.1. The van der Waals surface area contributed by atoms with Crippen LogP contribution in [-0.4, -0.2) is 47.7 Å². The molecule has 2 aliphatic heterocycles. The third kappa shape index (κ3) is 3.29. The molecule has 0 spiro atoms. The van der Waals surface area contributed by atoms with E-state index in [1.165, 1.54) is 17.7 Å². The molecule has 2 heterocycles. The number of hydrogen-bond acceptors (Lipinski definition) is 3. The molecule has 0 N–H and O–H groups in total. The lowest BCUT2D eigenvalue weighted by molar-refractivity contribution is 0.0476. The SMILES string of the molecule is O=C1OCC2(Cc3ccccc3)CN(Cc3ccc(F)cc3Cl)CCN12. The fourth-order valence-corrected chi connectivity index (χ4v) is 4.17. The van der Waals surface area contributed by atoms with Crippen LogP contribution in [0.2, 0.25) is 5.02 Å². The van der Waals surface area contributed by atoms with Gasteiger partial charge in [0.15, 0.2) is 0 Å². The van der Waals surface area contributed by atoms with E-state index in [1.54, 1.807) is 6.07 Å². The minimum Gasteiger partial charge on any atom is -0.447 e. The first-order chi connectivity index (χ1) is 12.6. The Bertz CT molecular complexity index is 817. The van der Waals surface area contributed by atoms with Gasteiger partial charge in [-0.2, -0.15) is 0 Å². The molecule has 0 aromatic heterocycles. The van der Waals surface area contributed by atoms with Crippen molar-refractivity contribution in [2.24, 2.45) is 0 Å². The number of nitrogens with zero attached hydrogens (tertiary/aromatic N) is 2. The van der Waals surface area contributed by atoms with Crippen LogP contribution in [-0.2, 0) is 17.7 Å². The first-order valence-electron chi connectivity index (χ1n) is 8.70. The van der Waals surface area contributed by atoms with Crippen molar-refractivity contribution in [3.63, 3.8) is 0 Å². The van der Waals surface area contributed by atoms with Crippen LogP contribution in [0.15, 0.2) is 48.5 Å². The van der Waals surface area contributed by atoms with Gasteiger partial charge in [0.25, 0.3) is 0 Å². The monoisotopic (exact) mass is 374 g/mol. The molecule has 0 aliphatic carbocycles. The maximum Gasteiger partial charge on any atom is 0.410 e. The van der Waals surface area contributed by atoms with Crippen LogP contribution in [0.3, 0.4) is 0 Å². The molecular weight excluding hydrogens is 355 g/mol. The number of carbonyl (C=O) groups excluding carboxylic acids is 1. The summed E-state index contributed by atoms with van der Waals surface area (Å²) < 4.78 is 18.7. The van der Waals surface area contributed by atoms with Gasteiger partial charge in [-0.05, 0) is 23.3 Å². The van der Waals surface area contributed by atoms with Crippen molar-refractivity contribution in [2.45, 2.75) is 18.5 Å². The van der Waals surface area contributed by atoms with Crippen molar-refractivity contribution in [1.82, 2.24) is 9.80 Å². The molecule has 2 aromatic rings. The third-order valence-electron chi connectivity index (χ3n) is 5.20. The van der Waals surface area contributed by atoms with Crippen LogP contribution in [0.5, 0.6) is 0 Å². The van der Waals surface area contributed by atoms with E-state index in [-0.39, 0.29) is 17.4 Å². The molecule has 1 amide bonds. The lowest BCUT2D eigenvalue weighted by Gasteiger charge is -2.45. The van der Waals surface area contributed by atoms with Gasteiger partial charge >= 0.3 is 6.09 Å². The van der Waals surface area contributed by atoms with E-state index in [2.05, 4.69) is 17.0 Å². The third-order valence-corrected chi connectivity index (χ3v) is 5.55. The van der Waals surface area contributed by atoms with Crippen LogP contribution >= 0.6 is 11.6 Å². The van der Waals surface area contributed by atoms with Crippen LogP contribution in [0.25, 0.3) is 0 Å². The van der Waals surface area contributed by atoms with Gasteiger partial charge in [0.2, 0.25) is 0 Å². The number of hydrogen-bond donors (Lipinski definition) is 0. The number of benzene rings is 2. The predicted molar refractivity (Wildman–Crippen MR) is 97.6 cm³/mol. The van der Waals surface area contributed by atoms with Gasteiger partial charge < -0.3 is 4.74 Å². The largest absolute Gasteiger partial charge is 0.447 e. The molecule has 4 rings (SSSR count). The van der Waals surface area contributed by atoms with E-state index >= 15 is 0 Å². The van der Waals surface area contributed by atoms with Crippen LogP contribution in [0, 0.1) is 5.82 Å². The van der Waals surface area contributed by atoms with Gasteiger partial charge in [-0.15, -0.1) is 0 Å². The number of amides is 1. The summed E-state index contributed by atoms with van der Waals surface area (Å²) in [5.41, 5.74) is 1.70. The zero-order chi connectivity index (χ0) is 18.1. The summed E-state index contributed by atoms with van der Waals surface area (Å²) in [6, 6.07) is 14.6. The Kier molecular flexibility index (Phi) is 4.59. The second-order valence-corrected chi connectivity index (χ2v) is 7.45. The Labute approximate surface area is 157 Å². The van der Waals surface area contributed by atoms with E-state index in [0.717, 1.165) is 18.5 Å². The number of rotatable bonds is 4. The Balaban J connectivity index is 1.56. The molecular formula is C20H20ClFN2O2. The number of halogens is 2. The van der Waals surface area contributed by atoms with Crippen molar-refractivity contribution in [2.75, 3.05) is 26.2 Å². The van der Waals surface area contributed by atoms with Gasteiger partial charge in [-0.1, -0.05) is 48.0 Å². The first kappa shape index (κ1) is 17.3. The molecule has 2 saturated heterocycles. The highest BCUT2D eigenvalue weighted by Crippen LogP contribution is 2.33. The van der Waals surface area contributed by atoms with Gasteiger partial charge in [0.1, 0.15) is 12.4 Å². The lowest BCUT2D eigenvalue weighted by Crippen LogP contribution is -2.62. The van der Waals surface area contributed by atoms with Crippen molar-refractivity contribution < 1.29 is 13.9 Å². The van der Waals surface area contributed by atoms with E-state index in [9.17, 15) is 9.18 Å². The molecule has 1 unspecified atom stereocenters. The maximum atomic E-state index is 13.3. The Morgan fingerprint density at radius 1 is 1.15 bits per heavy atom. The average molecular weight is 375 g/mol. The summed E-state index contributed by atoms with van der Waals surface area (Å²) >= 11 is 6.19. The van der Waals surface area contributed by atoms with Crippen molar-refractivity contribution in [3.05, 3.63) is 70.5 Å². The van der Waals surface area contributed by atoms with E-state index in [1.807, 2.05) is 23.1 Å². The summed E-state index contributed by atoms with van der Waals surface area (Å²) in [5, 5.41) is 0.434. The molecule has 26 heavy (non-hydrogen) atoms. The molecule has 0 bridgehead atoms. The van der Waals surface area contributed by atoms with E-state index < -0.39 is 0 Å². The van der Waals surface area contributed by atoms with Crippen molar-refractivity contribution >= 4 is 17.7 Å². The number of carbonyl (C=O) groups is 1. The lowest BCUT2D eigenvalue weighted by atomic mass is 9.88. The Morgan fingerprint density at radius 3 is 2.73 bits per heavy atom. The van der Waals surface area contributed by atoms with Crippen LogP contribution in [0.4, 0.5) is 9.18 Å². The zero-order valence-electron chi connectivity index (χ0n) is 14.3. The highest BCUT2D eigenvalue weighted by Gasteiger charge is 2.50. The average Bonchev–Trinajstić information content (AvgIpc) is 2.94. The molecule has 4 nitrogen and oxygen atoms in total. The highest BCUT2D eigenvalue weighted by atomic mass is 35.5. The summed E-state index contributed by atoms with van der Waals surface area (Å²) in [5.74, 6) is -0.334. The fraction of sp³-hybridized carbons (Fsp3) is 0.350. The molecule has 2 fully saturated rings. The van der Waals surface area contributed by atoms with Gasteiger partial charge in [-0.3, -0.25) is 9.80 Å². The van der Waals surface area contributed by atoms with E-state index in [4.69, 9.17) is 16.3 Å². The fourth-order valence-electron chi connectivity index (χ4n) is 3.95. The second kappa shape index (κ2) is 6.89. The molecule has 1 atom stereocenters. The smallest absolute Gasteiger partial charge is 0.410 e. The quantitative estimate of drug-likeness (QED) is 0.817. The summed E-state index contributed by atoms with van der Waals surface area (Å²) in [6.07, 6.45) is 0.508. The number of cyclic esters (lactones) is 1. The molecule has 0 radical (unpaired) electrons. The Morgan fingerprint density at radius 2 is 1.96 bits per heavy atom. The molecule has 6 heteroatoms. The minimum atomic E-state index is -0.372. The summed E-state index contributed by atoms with van der Waals surface area (Å²) in [6.45, 7) is 3.05. The van der Waals surface area contributed by atoms with Gasteiger partial charge in [-0.25, -0.2) is 9.18 Å². The Hall–Kier alpha value is -2.11. The van der Waals surface area contributed by atoms with E-state index in [0.29, 0.717) is 31.3 Å². The highest BCUT2D eigenvalue weighted by molar-refractivity contribution is 6.31. The van der Waals surface area contributed by atoms with Crippen molar-refractivity contribution in [1.29, 1.82) is 0 Å². The number of fused-ring (bicyclic) bond motifs is 1. The predicted octanol–water partition coefficient (Wildman–Crippen LogP) is 3.73. The van der Waals surface area contributed by atoms with Crippen LogP contribution < -0.4 is 0 Å². The van der Waals surface area contributed by atoms with Crippen molar-refractivity contribution in [3.8, 4) is 0 Å². The normalized spacial score (nSPS) is 23.0. The van der Waals surface area contributed by atoms with Gasteiger partial charge in [0, 0.05) is 37.6 Å². The topological polar surface area (TPSA) is 32.8 Å². The molecule has 136 valence electrons. The van der Waals surface area contributed by atoms with Crippen LogP contribution in [0.1, 0.15) is 11.1 Å². The molecule has 2 aliphatic rings. The summed E-state index contributed by atoms with van der Waals surface area (Å²) in [7, 11) is 0. The standard InChI is InChI=1S/C20H20ClFN2O2/c21-18-10-17(22)7-6-16(18)12-23-8-9-24-19(25)26-14-20(24,13-23)11-15-4-2-1-3-5-15/h1-7,10H,8-9,11-14H2. The minimum absolute atomic E-state index is 0.236. The molecule has 2 aromatic carbocycles. The number of piperazine rings is 1. The summed E-state index contributed by atoms with van der Waals surface area (Å²) in [4.78, 5) is 16.3. The maximum absolute atomic E-state index is 13.3. The molecule has 0 saturated carbocycles. The first-order valence-corrected chi connectivity index (χ1v) is 9.08.